The number of anilines is 1. The van der Waals surface area contributed by atoms with E-state index in [1.165, 1.54) is 11.1 Å². The molecule has 0 aliphatic heterocycles. The quantitative estimate of drug-likeness (QED) is 0.642. The summed E-state index contributed by atoms with van der Waals surface area (Å²) in [6.45, 7) is 1.86. The van der Waals surface area contributed by atoms with Gasteiger partial charge in [-0.15, -0.1) is 0 Å². The Morgan fingerprint density at radius 1 is 1.00 bits per heavy atom. The molecule has 0 saturated carbocycles. The Morgan fingerprint density at radius 2 is 1.79 bits per heavy atom. The first-order valence-electron chi connectivity index (χ1n) is 9.42. The fraction of sp³-hybridized carbons (Fsp3) is 0.261. The Balaban J connectivity index is 1.57. The lowest BCUT2D eigenvalue weighted by molar-refractivity contribution is -0.115. The Kier molecular flexibility index (Phi) is 6.73. The molecule has 0 fully saturated rings. The summed E-state index contributed by atoms with van der Waals surface area (Å²) >= 11 is 0. The van der Waals surface area contributed by atoms with Crippen molar-refractivity contribution in [2.45, 2.75) is 32.6 Å². The van der Waals surface area contributed by atoms with Crippen molar-refractivity contribution >= 4 is 11.6 Å². The Bertz CT molecular complexity index is 909. The third-order valence-corrected chi connectivity index (χ3v) is 4.49. The average molecular weight is 375 g/mol. The summed E-state index contributed by atoms with van der Waals surface area (Å²) in [7, 11) is 1.62. The lowest BCUT2D eigenvalue weighted by atomic mass is 10.0. The van der Waals surface area contributed by atoms with Gasteiger partial charge in [-0.3, -0.25) is 14.8 Å². The molecule has 5 heteroatoms. The van der Waals surface area contributed by atoms with E-state index in [2.05, 4.69) is 39.6 Å². The van der Waals surface area contributed by atoms with Crippen molar-refractivity contribution < 1.29 is 9.53 Å². The van der Waals surface area contributed by atoms with Crippen molar-refractivity contribution in [3.8, 4) is 5.75 Å². The molecule has 0 radical (unpaired) electrons. The number of aromatic nitrogens is 2. The van der Waals surface area contributed by atoms with Gasteiger partial charge in [0, 0.05) is 12.4 Å². The molecule has 1 amide bonds. The molecule has 0 bridgehead atoms. The molecule has 0 atom stereocenters. The molecule has 0 aliphatic rings. The van der Waals surface area contributed by atoms with Gasteiger partial charge in [-0.05, 0) is 49.4 Å². The van der Waals surface area contributed by atoms with Crippen LogP contribution in [0.1, 0.15) is 28.9 Å². The van der Waals surface area contributed by atoms with Crippen LogP contribution >= 0.6 is 0 Å². The highest BCUT2D eigenvalue weighted by Crippen LogP contribution is 2.26. The number of carbonyl (C=O) groups is 1. The van der Waals surface area contributed by atoms with Crippen molar-refractivity contribution in [1.82, 2.24) is 9.97 Å². The molecule has 1 heterocycles. The maximum absolute atomic E-state index is 12.3. The van der Waals surface area contributed by atoms with Gasteiger partial charge < -0.3 is 10.1 Å². The van der Waals surface area contributed by atoms with E-state index >= 15 is 0 Å². The summed E-state index contributed by atoms with van der Waals surface area (Å²) in [4.78, 5) is 20.7. The van der Waals surface area contributed by atoms with Crippen LogP contribution in [0.25, 0.3) is 0 Å². The number of hydrogen-bond donors (Lipinski definition) is 1. The number of benzene rings is 2. The summed E-state index contributed by atoms with van der Waals surface area (Å²) in [6.07, 6.45) is 6.52. The number of aryl methyl sites for hydroxylation is 3. The highest BCUT2D eigenvalue weighted by Gasteiger charge is 2.10. The van der Waals surface area contributed by atoms with Crippen LogP contribution in [0.15, 0.2) is 60.9 Å². The number of nitrogens with one attached hydrogen (secondary N) is 1. The second kappa shape index (κ2) is 9.65. The average Bonchev–Trinajstić information content (AvgIpc) is 2.71. The molecular weight excluding hydrogens is 350 g/mol. The molecule has 28 heavy (non-hydrogen) atoms. The summed E-state index contributed by atoms with van der Waals surface area (Å²) in [5.41, 5.74) is 4.67. The molecule has 3 rings (SSSR count). The fourth-order valence-electron chi connectivity index (χ4n) is 3.01. The van der Waals surface area contributed by atoms with Gasteiger partial charge in [-0.1, -0.05) is 36.4 Å². The number of carbonyl (C=O) groups excluding carboxylic acids is 1. The Labute approximate surface area is 165 Å². The van der Waals surface area contributed by atoms with Crippen LogP contribution in [0, 0.1) is 6.92 Å². The number of methoxy groups -OCH3 is 1. The van der Waals surface area contributed by atoms with Crippen LogP contribution in [0.4, 0.5) is 5.69 Å². The van der Waals surface area contributed by atoms with Gasteiger partial charge in [-0.2, -0.15) is 0 Å². The molecule has 2 aromatic carbocycles. The van der Waals surface area contributed by atoms with Crippen LogP contribution in [0.2, 0.25) is 0 Å². The molecule has 3 aromatic rings. The van der Waals surface area contributed by atoms with Gasteiger partial charge in [-0.25, -0.2) is 0 Å². The number of nitrogens with zero attached hydrogens (tertiary/aromatic N) is 2. The number of ether oxygens (including phenoxy) is 1. The van der Waals surface area contributed by atoms with Gasteiger partial charge >= 0.3 is 0 Å². The zero-order valence-electron chi connectivity index (χ0n) is 16.3. The Hall–Kier alpha value is -3.21. The first-order valence-corrected chi connectivity index (χ1v) is 9.42. The molecule has 5 nitrogen and oxygen atoms in total. The van der Waals surface area contributed by atoms with E-state index in [0.717, 1.165) is 25.0 Å². The summed E-state index contributed by atoms with van der Waals surface area (Å²) in [6, 6.07) is 16.4. The van der Waals surface area contributed by atoms with Crippen LogP contribution in [-0.4, -0.2) is 23.0 Å². The molecule has 0 unspecified atom stereocenters. The molecule has 0 saturated heterocycles. The normalized spacial score (nSPS) is 10.5. The molecule has 0 spiro atoms. The van der Waals surface area contributed by atoms with Crippen molar-refractivity contribution in [2.24, 2.45) is 0 Å². The van der Waals surface area contributed by atoms with Crippen LogP contribution in [-0.2, 0) is 24.1 Å². The smallest absolute Gasteiger partial charge is 0.230 e. The van der Waals surface area contributed by atoms with Crippen LogP contribution in [0.3, 0.4) is 0 Å². The minimum Gasteiger partial charge on any atom is -0.495 e. The summed E-state index contributed by atoms with van der Waals surface area (Å²) in [5, 5.41) is 2.90. The zero-order chi connectivity index (χ0) is 19.8. The predicted octanol–water partition coefficient (Wildman–Crippen LogP) is 4.15. The lowest BCUT2D eigenvalue weighted by Crippen LogP contribution is -2.16. The summed E-state index contributed by atoms with van der Waals surface area (Å²) < 4.78 is 5.47. The molecule has 144 valence electrons. The van der Waals surface area contributed by atoms with Crippen LogP contribution < -0.4 is 10.1 Å². The number of amides is 1. The lowest BCUT2D eigenvalue weighted by Gasteiger charge is -2.12. The van der Waals surface area contributed by atoms with Gasteiger partial charge in [0.05, 0.1) is 30.6 Å². The zero-order valence-corrected chi connectivity index (χ0v) is 16.3. The minimum absolute atomic E-state index is 0.145. The maximum atomic E-state index is 12.3. The van der Waals surface area contributed by atoms with Crippen LogP contribution in [0.5, 0.6) is 5.75 Å². The van der Waals surface area contributed by atoms with Crippen molar-refractivity contribution in [1.29, 1.82) is 0 Å². The van der Waals surface area contributed by atoms with Gasteiger partial charge in [0.15, 0.2) is 0 Å². The molecule has 0 aliphatic carbocycles. The second-order valence-electron chi connectivity index (χ2n) is 6.75. The van der Waals surface area contributed by atoms with E-state index in [9.17, 15) is 4.79 Å². The SMILES string of the molecule is COc1cc(CCCc2ccccc2)ccc1NC(=O)Cc1cnc(C)cn1. The highest BCUT2D eigenvalue weighted by molar-refractivity contribution is 5.93. The molecule has 1 aromatic heterocycles. The van der Waals surface area contributed by atoms with E-state index in [1.54, 1.807) is 19.5 Å². The minimum atomic E-state index is -0.145. The van der Waals surface area contributed by atoms with Crippen molar-refractivity contribution in [3.05, 3.63) is 83.4 Å². The predicted molar refractivity (Wildman–Crippen MR) is 111 cm³/mol. The van der Waals surface area contributed by atoms with E-state index in [1.807, 2.05) is 31.2 Å². The van der Waals surface area contributed by atoms with Gasteiger partial charge in [0.25, 0.3) is 0 Å². The number of hydrogen-bond acceptors (Lipinski definition) is 4. The largest absolute Gasteiger partial charge is 0.495 e. The third kappa shape index (κ3) is 5.64. The fourth-order valence-corrected chi connectivity index (χ4v) is 3.01. The maximum Gasteiger partial charge on any atom is 0.230 e. The highest BCUT2D eigenvalue weighted by atomic mass is 16.5. The molecular formula is C23H25N3O2. The monoisotopic (exact) mass is 375 g/mol. The number of rotatable bonds is 8. The van der Waals surface area contributed by atoms with Gasteiger partial charge in [0.2, 0.25) is 5.91 Å². The van der Waals surface area contributed by atoms with Crippen molar-refractivity contribution in [2.75, 3.05) is 12.4 Å². The standard InChI is InChI=1S/C23H25N3O2/c1-17-15-25-20(16-24-17)14-23(27)26-21-12-11-19(13-22(21)28-2)10-6-9-18-7-4-3-5-8-18/h3-5,7-8,11-13,15-16H,6,9-10,14H2,1-2H3,(H,26,27). The van der Waals surface area contributed by atoms with Crippen molar-refractivity contribution in [3.63, 3.8) is 0 Å². The van der Waals surface area contributed by atoms with E-state index in [-0.39, 0.29) is 12.3 Å². The van der Waals surface area contributed by atoms with E-state index in [0.29, 0.717) is 17.1 Å². The van der Waals surface area contributed by atoms with E-state index in [4.69, 9.17) is 4.74 Å². The first kappa shape index (κ1) is 19.5. The first-order chi connectivity index (χ1) is 13.6. The van der Waals surface area contributed by atoms with Gasteiger partial charge in [0.1, 0.15) is 5.75 Å². The molecule has 1 N–H and O–H groups in total. The Morgan fingerprint density at radius 3 is 2.50 bits per heavy atom. The van der Waals surface area contributed by atoms with E-state index < -0.39 is 0 Å². The third-order valence-electron chi connectivity index (χ3n) is 4.49. The second-order valence-corrected chi connectivity index (χ2v) is 6.75. The summed E-state index contributed by atoms with van der Waals surface area (Å²) in [5.74, 6) is 0.522. The topological polar surface area (TPSA) is 64.1 Å².